The lowest BCUT2D eigenvalue weighted by molar-refractivity contribution is 0.145. The van der Waals surface area contributed by atoms with Crippen LogP contribution in [-0.2, 0) is 0 Å². The molecule has 102 valence electrons. The molecule has 1 heterocycles. The minimum Gasteiger partial charge on any atom is -0.494 e. The van der Waals surface area contributed by atoms with Crippen molar-refractivity contribution >= 4 is 0 Å². The summed E-state index contributed by atoms with van der Waals surface area (Å²) in [5, 5.41) is 0. The molecule has 1 aromatic rings. The molecule has 1 fully saturated rings. The highest BCUT2D eigenvalue weighted by atomic mass is 16.5. The van der Waals surface area contributed by atoms with Gasteiger partial charge < -0.3 is 14.5 Å². The van der Waals surface area contributed by atoms with Gasteiger partial charge in [0.05, 0.1) is 6.61 Å². The Morgan fingerprint density at radius 2 is 1.84 bits per heavy atom. The molecule has 0 spiro atoms. The van der Waals surface area contributed by atoms with Crippen molar-refractivity contribution in [2.75, 3.05) is 46.4 Å². The Bertz CT molecular complexity index is 413. The lowest BCUT2D eigenvalue weighted by atomic mass is 10.2. The lowest BCUT2D eigenvalue weighted by Gasteiger charge is -2.32. The lowest BCUT2D eigenvalue weighted by Crippen LogP contribution is -2.44. The van der Waals surface area contributed by atoms with Gasteiger partial charge in [0.1, 0.15) is 5.75 Å². The monoisotopic (exact) mass is 258 g/mol. The summed E-state index contributed by atoms with van der Waals surface area (Å²) < 4.78 is 5.71. The SMILES string of the molecule is C#Cc1ccc(OCCCN2CCN(C)CC2)cc1. The quantitative estimate of drug-likeness (QED) is 0.590. The zero-order valence-corrected chi connectivity index (χ0v) is 11.6. The first-order valence-corrected chi connectivity index (χ1v) is 6.88. The van der Waals surface area contributed by atoms with Crippen LogP contribution in [0.25, 0.3) is 0 Å². The van der Waals surface area contributed by atoms with E-state index in [1.807, 2.05) is 24.3 Å². The minimum atomic E-state index is 0.766. The number of rotatable bonds is 5. The van der Waals surface area contributed by atoms with Gasteiger partial charge in [-0.05, 0) is 37.7 Å². The van der Waals surface area contributed by atoms with Crippen molar-refractivity contribution in [2.45, 2.75) is 6.42 Å². The molecule has 3 nitrogen and oxygen atoms in total. The van der Waals surface area contributed by atoms with Gasteiger partial charge in [-0.3, -0.25) is 0 Å². The molecule has 0 aliphatic carbocycles. The van der Waals surface area contributed by atoms with Crippen molar-refractivity contribution in [3.8, 4) is 18.1 Å². The summed E-state index contributed by atoms with van der Waals surface area (Å²) in [4.78, 5) is 4.88. The molecule has 0 bridgehead atoms. The van der Waals surface area contributed by atoms with Gasteiger partial charge in [-0.25, -0.2) is 0 Å². The van der Waals surface area contributed by atoms with Gasteiger partial charge in [-0.2, -0.15) is 0 Å². The second-order valence-electron chi connectivity index (χ2n) is 5.02. The van der Waals surface area contributed by atoms with E-state index < -0.39 is 0 Å². The third-order valence-corrected chi connectivity index (χ3v) is 3.50. The van der Waals surface area contributed by atoms with Crippen molar-refractivity contribution in [3.05, 3.63) is 29.8 Å². The van der Waals surface area contributed by atoms with E-state index in [1.165, 1.54) is 26.2 Å². The number of piperazine rings is 1. The second-order valence-corrected chi connectivity index (χ2v) is 5.02. The molecule has 0 saturated carbocycles. The molecule has 1 aliphatic heterocycles. The summed E-state index contributed by atoms with van der Waals surface area (Å²) >= 11 is 0. The summed E-state index contributed by atoms with van der Waals surface area (Å²) in [5.74, 6) is 3.50. The van der Waals surface area contributed by atoms with Crippen LogP contribution in [0.15, 0.2) is 24.3 Å². The summed E-state index contributed by atoms with van der Waals surface area (Å²) in [7, 11) is 2.18. The van der Waals surface area contributed by atoms with Gasteiger partial charge in [0.15, 0.2) is 0 Å². The van der Waals surface area contributed by atoms with Crippen LogP contribution in [0.3, 0.4) is 0 Å². The topological polar surface area (TPSA) is 15.7 Å². The predicted molar refractivity (Wildman–Crippen MR) is 78.4 cm³/mol. The van der Waals surface area contributed by atoms with Gasteiger partial charge in [-0.15, -0.1) is 6.42 Å². The minimum absolute atomic E-state index is 0.766. The number of benzene rings is 1. The first-order valence-electron chi connectivity index (χ1n) is 6.88. The normalized spacial score (nSPS) is 17.1. The van der Waals surface area contributed by atoms with Gasteiger partial charge in [0.2, 0.25) is 0 Å². The molecule has 0 amide bonds. The number of hydrogen-bond donors (Lipinski definition) is 0. The number of likely N-dealkylation sites (N-methyl/N-ethyl adjacent to an activating group) is 1. The molecule has 0 N–H and O–H groups in total. The molecule has 19 heavy (non-hydrogen) atoms. The molecular formula is C16H22N2O. The van der Waals surface area contributed by atoms with Crippen LogP contribution in [-0.4, -0.2) is 56.2 Å². The van der Waals surface area contributed by atoms with E-state index in [0.29, 0.717) is 0 Å². The number of ether oxygens (including phenoxy) is 1. The number of terminal acetylenes is 1. The molecule has 1 saturated heterocycles. The Morgan fingerprint density at radius 1 is 1.16 bits per heavy atom. The Morgan fingerprint density at radius 3 is 2.47 bits per heavy atom. The van der Waals surface area contributed by atoms with Crippen LogP contribution < -0.4 is 4.74 Å². The molecule has 0 aromatic heterocycles. The maximum atomic E-state index is 5.71. The Kier molecular flexibility index (Phi) is 5.26. The molecule has 1 aliphatic rings. The molecule has 0 radical (unpaired) electrons. The average molecular weight is 258 g/mol. The van der Waals surface area contributed by atoms with E-state index >= 15 is 0 Å². The molecular weight excluding hydrogens is 236 g/mol. The number of hydrogen-bond acceptors (Lipinski definition) is 3. The molecule has 1 aromatic carbocycles. The smallest absolute Gasteiger partial charge is 0.119 e. The van der Waals surface area contributed by atoms with E-state index in [2.05, 4.69) is 22.8 Å². The highest BCUT2D eigenvalue weighted by molar-refractivity contribution is 5.36. The van der Waals surface area contributed by atoms with Crippen LogP contribution in [0, 0.1) is 12.3 Å². The summed E-state index contributed by atoms with van der Waals surface area (Å²) in [6, 6.07) is 7.70. The van der Waals surface area contributed by atoms with Crippen LogP contribution in [0.4, 0.5) is 0 Å². The maximum absolute atomic E-state index is 5.71. The van der Waals surface area contributed by atoms with Crippen LogP contribution in [0.1, 0.15) is 12.0 Å². The zero-order chi connectivity index (χ0) is 13.5. The van der Waals surface area contributed by atoms with Crippen LogP contribution in [0.5, 0.6) is 5.75 Å². The van der Waals surface area contributed by atoms with E-state index in [1.54, 1.807) is 0 Å². The highest BCUT2D eigenvalue weighted by Crippen LogP contribution is 2.11. The molecule has 0 unspecified atom stereocenters. The largest absolute Gasteiger partial charge is 0.494 e. The van der Waals surface area contributed by atoms with Crippen molar-refractivity contribution in [2.24, 2.45) is 0 Å². The van der Waals surface area contributed by atoms with E-state index in [0.717, 1.165) is 30.9 Å². The Balaban J connectivity index is 1.62. The van der Waals surface area contributed by atoms with Crippen molar-refractivity contribution in [1.82, 2.24) is 9.80 Å². The third kappa shape index (κ3) is 4.59. The van der Waals surface area contributed by atoms with Gasteiger partial charge in [-0.1, -0.05) is 5.92 Å². The second kappa shape index (κ2) is 7.18. The number of nitrogens with zero attached hydrogens (tertiary/aromatic N) is 2. The maximum Gasteiger partial charge on any atom is 0.119 e. The summed E-state index contributed by atoms with van der Waals surface area (Å²) in [5.41, 5.74) is 0.893. The Labute approximate surface area is 116 Å². The van der Waals surface area contributed by atoms with E-state index in [4.69, 9.17) is 11.2 Å². The van der Waals surface area contributed by atoms with Crippen molar-refractivity contribution < 1.29 is 4.74 Å². The van der Waals surface area contributed by atoms with Gasteiger partial charge in [0.25, 0.3) is 0 Å². The fraction of sp³-hybridized carbons (Fsp3) is 0.500. The third-order valence-electron chi connectivity index (χ3n) is 3.50. The van der Waals surface area contributed by atoms with Crippen molar-refractivity contribution in [1.29, 1.82) is 0 Å². The summed E-state index contributed by atoms with van der Waals surface area (Å²) in [6.45, 7) is 6.58. The highest BCUT2D eigenvalue weighted by Gasteiger charge is 2.12. The van der Waals surface area contributed by atoms with Crippen LogP contribution in [0.2, 0.25) is 0 Å². The fourth-order valence-corrected chi connectivity index (χ4v) is 2.20. The Hall–Kier alpha value is -1.50. The predicted octanol–water partition coefficient (Wildman–Crippen LogP) is 1.68. The van der Waals surface area contributed by atoms with E-state index in [-0.39, 0.29) is 0 Å². The first kappa shape index (κ1) is 13.9. The zero-order valence-electron chi connectivity index (χ0n) is 11.6. The van der Waals surface area contributed by atoms with E-state index in [9.17, 15) is 0 Å². The summed E-state index contributed by atoms with van der Waals surface area (Å²) in [6.07, 6.45) is 6.38. The van der Waals surface area contributed by atoms with Gasteiger partial charge in [0, 0.05) is 38.3 Å². The first-order chi connectivity index (χ1) is 9.28. The average Bonchev–Trinajstić information content (AvgIpc) is 2.46. The van der Waals surface area contributed by atoms with Crippen molar-refractivity contribution in [3.63, 3.8) is 0 Å². The molecule has 2 rings (SSSR count). The standard InChI is InChI=1S/C16H22N2O/c1-3-15-5-7-16(8-6-15)19-14-4-9-18-12-10-17(2)11-13-18/h1,5-8H,4,9-14H2,2H3. The molecule has 3 heteroatoms. The van der Waals surface area contributed by atoms with Crippen LogP contribution >= 0.6 is 0 Å². The fourth-order valence-electron chi connectivity index (χ4n) is 2.20. The van der Waals surface area contributed by atoms with Gasteiger partial charge >= 0.3 is 0 Å². The molecule has 0 atom stereocenters.